The molecule has 0 amide bonds. The Morgan fingerprint density at radius 2 is 1.07 bits per heavy atom. The van der Waals surface area contributed by atoms with E-state index in [4.69, 9.17) is 34.8 Å². The lowest BCUT2D eigenvalue weighted by molar-refractivity contribution is 0.567. The van der Waals surface area contributed by atoms with Crippen molar-refractivity contribution in [2.45, 2.75) is 63.2 Å². The first kappa shape index (κ1) is 15.9. The van der Waals surface area contributed by atoms with Gasteiger partial charge >= 0.3 is 0 Å². The van der Waals surface area contributed by atoms with Crippen molar-refractivity contribution in [2.24, 2.45) is 0 Å². The molecule has 0 spiro atoms. The molecule has 0 bridgehead atoms. The summed E-state index contributed by atoms with van der Waals surface area (Å²) in [5.74, 6) is 1.55. The molecule has 92 valence electrons. The second-order valence-electron chi connectivity index (χ2n) is 4.03. The van der Waals surface area contributed by atoms with Crippen molar-refractivity contribution < 1.29 is 0 Å². The Bertz CT molecular complexity index is 117. The van der Waals surface area contributed by atoms with E-state index in [9.17, 15) is 0 Å². The predicted octanol–water partition coefficient (Wildman–Crippen LogP) is 5.58. The van der Waals surface area contributed by atoms with E-state index in [1.165, 1.54) is 32.1 Å². The molecule has 15 heavy (non-hydrogen) atoms. The number of hydrogen-bond donors (Lipinski definition) is 0. The van der Waals surface area contributed by atoms with Gasteiger partial charge in [-0.25, -0.2) is 0 Å². The van der Waals surface area contributed by atoms with Gasteiger partial charge in [-0.3, -0.25) is 0 Å². The molecule has 0 aliphatic heterocycles. The monoisotopic (exact) mass is 272 g/mol. The summed E-state index contributed by atoms with van der Waals surface area (Å²) in [6, 6.07) is 0. The summed E-state index contributed by atoms with van der Waals surface area (Å²) in [6.07, 6.45) is 10.9. The van der Waals surface area contributed by atoms with Crippen LogP contribution in [0, 0.1) is 0 Å². The number of rotatable bonds is 11. The second kappa shape index (κ2) is 12.9. The Balaban J connectivity index is 3.02. The van der Waals surface area contributed by atoms with Crippen molar-refractivity contribution >= 4 is 34.8 Å². The van der Waals surface area contributed by atoms with Gasteiger partial charge in [-0.2, -0.15) is 0 Å². The molecule has 3 heteroatoms. The number of hydrogen-bond acceptors (Lipinski definition) is 0. The quantitative estimate of drug-likeness (QED) is 0.340. The van der Waals surface area contributed by atoms with Gasteiger partial charge in [0.05, 0.1) is 0 Å². The predicted molar refractivity (Wildman–Crippen MR) is 72.6 cm³/mol. The van der Waals surface area contributed by atoms with Crippen LogP contribution in [0.25, 0.3) is 0 Å². The largest absolute Gasteiger partial charge is 0.127 e. The number of alkyl halides is 3. The molecule has 0 aromatic carbocycles. The van der Waals surface area contributed by atoms with Crippen LogP contribution in [0.15, 0.2) is 0 Å². The van der Waals surface area contributed by atoms with Crippen LogP contribution in [0.4, 0.5) is 0 Å². The minimum absolute atomic E-state index is 0.339. The normalized spacial score (nSPS) is 13.0. The van der Waals surface area contributed by atoms with Crippen molar-refractivity contribution in [3.05, 3.63) is 0 Å². The van der Waals surface area contributed by atoms with Gasteiger partial charge in [-0.15, -0.1) is 34.8 Å². The SMILES string of the molecule is ClCCCCCCCCC(Cl)CCCCl. The van der Waals surface area contributed by atoms with E-state index in [-0.39, 0.29) is 0 Å². The maximum absolute atomic E-state index is 6.15. The highest BCUT2D eigenvalue weighted by Crippen LogP contribution is 2.16. The summed E-state index contributed by atoms with van der Waals surface area (Å²) < 4.78 is 0. The molecule has 0 N–H and O–H groups in total. The van der Waals surface area contributed by atoms with Crippen molar-refractivity contribution in [2.75, 3.05) is 11.8 Å². The third kappa shape index (κ3) is 12.8. The Hall–Kier alpha value is 0.870. The van der Waals surface area contributed by atoms with E-state index >= 15 is 0 Å². The third-order valence-corrected chi connectivity index (χ3v) is 3.52. The number of halogens is 3. The first-order valence-corrected chi connectivity index (χ1v) is 7.57. The van der Waals surface area contributed by atoms with Gasteiger partial charge in [0.1, 0.15) is 0 Å². The van der Waals surface area contributed by atoms with Crippen LogP contribution in [0.5, 0.6) is 0 Å². The molecule has 0 aromatic rings. The summed E-state index contributed by atoms with van der Waals surface area (Å²) in [5.41, 5.74) is 0. The Morgan fingerprint density at radius 1 is 0.600 bits per heavy atom. The topological polar surface area (TPSA) is 0 Å². The average Bonchev–Trinajstić information content (AvgIpc) is 2.25. The molecule has 0 heterocycles. The molecular formula is C12H23Cl3. The zero-order valence-electron chi connectivity index (χ0n) is 9.49. The van der Waals surface area contributed by atoms with Gasteiger partial charge in [-0.1, -0.05) is 32.1 Å². The molecule has 0 rings (SSSR count). The first-order valence-electron chi connectivity index (χ1n) is 6.07. The lowest BCUT2D eigenvalue weighted by Crippen LogP contribution is -1.98. The van der Waals surface area contributed by atoms with Gasteiger partial charge in [0.2, 0.25) is 0 Å². The summed E-state index contributed by atoms with van der Waals surface area (Å²) in [5, 5.41) is 0.339. The van der Waals surface area contributed by atoms with Crippen LogP contribution < -0.4 is 0 Å². The van der Waals surface area contributed by atoms with E-state index in [0.717, 1.165) is 37.4 Å². The molecule has 0 aliphatic rings. The zero-order valence-corrected chi connectivity index (χ0v) is 11.8. The maximum Gasteiger partial charge on any atom is 0.0336 e. The smallest absolute Gasteiger partial charge is 0.0336 e. The van der Waals surface area contributed by atoms with Crippen molar-refractivity contribution in [3.63, 3.8) is 0 Å². The van der Waals surface area contributed by atoms with Crippen molar-refractivity contribution in [3.8, 4) is 0 Å². The fourth-order valence-corrected chi connectivity index (χ4v) is 2.26. The van der Waals surface area contributed by atoms with Crippen LogP contribution >= 0.6 is 34.8 Å². The van der Waals surface area contributed by atoms with Gasteiger partial charge in [0, 0.05) is 17.1 Å². The van der Waals surface area contributed by atoms with E-state index < -0.39 is 0 Å². The van der Waals surface area contributed by atoms with Gasteiger partial charge < -0.3 is 0 Å². The van der Waals surface area contributed by atoms with Crippen LogP contribution in [0.1, 0.15) is 57.8 Å². The van der Waals surface area contributed by atoms with Crippen LogP contribution in [0.2, 0.25) is 0 Å². The van der Waals surface area contributed by atoms with Crippen molar-refractivity contribution in [1.29, 1.82) is 0 Å². The van der Waals surface area contributed by atoms with E-state index in [1.54, 1.807) is 0 Å². The summed E-state index contributed by atoms with van der Waals surface area (Å²) >= 11 is 17.4. The fourth-order valence-electron chi connectivity index (χ4n) is 1.61. The number of unbranched alkanes of at least 4 members (excludes halogenated alkanes) is 5. The standard InChI is InChI=1S/C12H23Cl3/c13-10-6-4-2-1-3-5-8-12(15)9-7-11-14/h12H,1-11H2. The van der Waals surface area contributed by atoms with Gasteiger partial charge in [-0.05, 0) is 25.7 Å². The average molecular weight is 274 g/mol. The second-order valence-corrected chi connectivity index (χ2v) is 5.40. The van der Waals surface area contributed by atoms with E-state index in [0.29, 0.717) is 5.38 Å². The van der Waals surface area contributed by atoms with Crippen LogP contribution in [0.3, 0.4) is 0 Å². The maximum atomic E-state index is 6.15. The van der Waals surface area contributed by atoms with E-state index in [1.807, 2.05) is 0 Å². The highest BCUT2D eigenvalue weighted by atomic mass is 35.5. The molecule has 0 aliphatic carbocycles. The molecule has 0 saturated heterocycles. The van der Waals surface area contributed by atoms with Crippen LogP contribution in [-0.2, 0) is 0 Å². The summed E-state index contributed by atoms with van der Waals surface area (Å²) in [6.45, 7) is 0. The molecule has 0 fully saturated rings. The third-order valence-electron chi connectivity index (χ3n) is 2.55. The molecule has 1 atom stereocenters. The lowest BCUT2D eigenvalue weighted by Gasteiger charge is -2.07. The van der Waals surface area contributed by atoms with Crippen LogP contribution in [-0.4, -0.2) is 17.1 Å². The van der Waals surface area contributed by atoms with Gasteiger partial charge in [0.15, 0.2) is 0 Å². The first-order chi connectivity index (χ1) is 7.31. The minimum atomic E-state index is 0.339. The molecular weight excluding hydrogens is 250 g/mol. The fraction of sp³-hybridized carbons (Fsp3) is 1.00. The Labute approximate surface area is 110 Å². The van der Waals surface area contributed by atoms with Gasteiger partial charge in [0.25, 0.3) is 0 Å². The lowest BCUT2D eigenvalue weighted by atomic mass is 10.1. The molecule has 0 saturated carbocycles. The molecule has 0 radical (unpaired) electrons. The summed E-state index contributed by atoms with van der Waals surface area (Å²) in [4.78, 5) is 0. The van der Waals surface area contributed by atoms with E-state index in [2.05, 4.69) is 0 Å². The highest BCUT2D eigenvalue weighted by Gasteiger charge is 2.03. The molecule has 0 nitrogen and oxygen atoms in total. The zero-order chi connectivity index (χ0) is 11.4. The molecule has 0 aromatic heterocycles. The highest BCUT2D eigenvalue weighted by molar-refractivity contribution is 6.20. The van der Waals surface area contributed by atoms with Crippen molar-refractivity contribution in [1.82, 2.24) is 0 Å². The molecule has 1 unspecified atom stereocenters. The Kier molecular flexibility index (Phi) is 13.7. The summed E-state index contributed by atoms with van der Waals surface area (Å²) in [7, 11) is 0. The minimum Gasteiger partial charge on any atom is -0.127 e. The Morgan fingerprint density at radius 3 is 1.67 bits per heavy atom.